The lowest BCUT2D eigenvalue weighted by Crippen LogP contribution is -2.21. The van der Waals surface area contributed by atoms with E-state index in [1.807, 2.05) is 6.92 Å². The van der Waals surface area contributed by atoms with E-state index in [9.17, 15) is 0 Å². The third kappa shape index (κ3) is 7.78. The predicted octanol–water partition coefficient (Wildman–Crippen LogP) is 1.16. The van der Waals surface area contributed by atoms with Gasteiger partial charge in [0.1, 0.15) is 0 Å². The van der Waals surface area contributed by atoms with E-state index in [0.717, 1.165) is 13.0 Å². The SMILES string of the molecule is CCCOCC(C)OC(C)O. The molecule has 0 aromatic carbocycles. The molecule has 0 spiro atoms. The Bertz CT molecular complexity index is 83.4. The first-order valence-corrected chi connectivity index (χ1v) is 4.08. The van der Waals surface area contributed by atoms with Crippen molar-refractivity contribution in [1.29, 1.82) is 0 Å². The molecule has 0 fully saturated rings. The van der Waals surface area contributed by atoms with Gasteiger partial charge in [0.05, 0.1) is 12.7 Å². The van der Waals surface area contributed by atoms with Crippen molar-refractivity contribution in [2.45, 2.75) is 39.6 Å². The van der Waals surface area contributed by atoms with Crippen molar-refractivity contribution < 1.29 is 14.6 Å². The van der Waals surface area contributed by atoms with Crippen LogP contribution in [0.4, 0.5) is 0 Å². The second-order valence-corrected chi connectivity index (χ2v) is 2.62. The lowest BCUT2D eigenvalue weighted by atomic mass is 10.4. The zero-order valence-corrected chi connectivity index (χ0v) is 7.54. The fourth-order valence-electron chi connectivity index (χ4n) is 0.769. The molecular weight excluding hydrogens is 144 g/mol. The summed E-state index contributed by atoms with van der Waals surface area (Å²) in [6.07, 6.45) is 0.290. The van der Waals surface area contributed by atoms with E-state index in [0.29, 0.717) is 6.61 Å². The van der Waals surface area contributed by atoms with Crippen LogP contribution in [0.2, 0.25) is 0 Å². The minimum Gasteiger partial charge on any atom is -0.379 e. The predicted molar refractivity (Wildman–Crippen MR) is 43.3 cm³/mol. The third-order valence-electron chi connectivity index (χ3n) is 1.13. The molecule has 3 nitrogen and oxygen atoms in total. The van der Waals surface area contributed by atoms with Crippen LogP contribution in [0.3, 0.4) is 0 Å². The van der Waals surface area contributed by atoms with Gasteiger partial charge in [0.25, 0.3) is 0 Å². The number of ether oxygens (including phenoxy) is 2. The van der Waals surface area contributed by atoms with Crippen molar-refractivity contribution in [2.24, 2.45) is 0 Å². The van der Waals surface area contributed by atoms with Gasteiger partial charge >= 0.3 is 0 Å². The molecule has 0 amide bonds. The van der Waals surface area contributed by atoms with E-state index in [1.165, 1.54) is 0 Å². The fourth-order valence-corrected chi connectivity index (χ4v) is 0.769. The van der Waals surface area contributed by atoms with E-state index in [1.54, 1.807) is 6.92 Å². The molecule has 11 heavy (non-hydrogen) atoms. The molecule has 3 heteroatoms. The van der Waals surface area contributed by atoms with Crippen molar-refractivity contribution in [3.05, 3.63) is 0 Å². The van der Waals surface area contributed by atoms with Crippen LogP contribution in [-0.2, 0) is 9.47 Å². The maximum Gasteiger partial charge on any atom is 0.152 e. The highest BCUT2D eigenvalue weighted by Gasteiger charge is 2.04. The molecule has 0 aliphatic rings. The smallest absolute Gasteiger partial charge is 0.152 e. The number of hydrogen-bond donors (Lipinski definition) is 1. The second-order valence-electron chi connectivity index (χ2n) is 2.62. The van der Waals surface area contributed by atoms with Crippen molar-refractivity contribution in [3.63, 3.8) is 0 Å². The van der Waals surface area contributed by atoms with Gasteiger partial charge in [-0.2, -0.15) is 0 Å². The molecule has 0 bridgehead atoms. The van der Waals surface area contributed by atoms with Gasteiger partial charge in [0, 0.05) is 6.61 Å². The lowest BCUT2D eigenvalue weighted by Gasteiger charge is -2.14. The largest absolute Gasteiger partial charge is 0.379 e. The van der Waals surface area contributed by atoms with E-state index in [4.69, 9.17) is 14.6 Å². The number of aliphatic hydroxyl groups excluding tert-OH is 1. The second kappa shape index (κ2) is 6.58. The Labute approximate surface area is 68.3 Å². The highest BCUT2D eigenvalue weighted by Crippen LogP contribution is 1.96. The summed E-state index contributed by atoms with van der Waals surface area (Å²) in [7, 11) is 0. The van der Waals surface area contributed by atoms with Crippen LogP contribution in [0.15, 0.2) is 0 Å². The van der Waals surface area contributed by atoms with Crippen LogP contribution in [-0.4, -0.2) is 30.7 Å². The Hall–Kier alpha value is -0.120. The molecule has 0 aromatic rings. The van der Waals surface area contributed by atoms with Crippen molar-refractivity contribution in [3.8, 4) is 0 Å². The van der Waals surface area contributed by atoms with Gasteiger partial charge < -0.3 is 14.6 Å². The van der Waals surface area contributed by atoms with Crippen LogP contribution in [0.25, 0.3) is 0 Å². The minimum absolute atomic E-state index is 0.0263. The number of aliphatic hydroxyl groups is 1. The van der Waals surface area contributed by atoms with Gasteiger partial charge in [0.2, 0.25) is 0 Å². The van der Waals surface area contributed by atoms with Gasteiger partial charge in [-0.1, -0.05) is 6.92 Å². The molecule has 0 aliphatic heterocycles. The summed E-state index contributed by atoms with van der Waals surface area (Å²) in [6.45, 7) is 6.84. The maximum absolute atomic E-state index is 8.80. The third-order valence-corrected chi connectivity index (χ3v) is 1.13. The van der Waals surface area contributed by atoms with Gasteiger partial charge in [0.15, 0.2) is 6.29 Å². The monoisotopic (exact) mass is 162 g/mol. The highest BCUT2D eigenvalue weighted by atomic mass is 16.6. The summed E-state index contributed by atoms with van der Waals surface area (Å²) in [5, 5.41) is 8.80. The maximum atomic E-state index is 8.80. The standard InChI is InChI=1S/C8H18O3/c1-4-5-10-6-7(2)11-8(3)9/h7-9H,4-6H2,1-3H3. The zero-order valence-electron chi connectivity index (χ0n) is 7.54. The van der Waals surface area contributed by atoms with Gasteiger partial charge in [-0.25, -0.2) is 0 Å². The number of hydrogen-bond acceptors (Lipinski definition) is 3. The summed E-state index contributed by atoms with van der Waals surface area (Å²) in [6, 6.07) is 0. The molecule has 0 aromatic heterocycles. The summed E-state index contributed by atoms with van der Waals surface area (Å²) < 4.78 is 10.2. The zero-order chi connectivity index (χ0) is 8.69. The van der Waals surface area contributed by atoms with Crippen molar-refractivity contribution in [2.75, 3.05) is 13.2 Å². The van der Waals surface area contributed by atoms with Crippen molar-refractivity contribution >= 4 is 0 Å². The summed E-state index contributed by atoms with van der Waals surface area (Å²) in [4.78, 5) is 0. The quantitative estimate of drug-likeness (QED) is 0.470. The average molecular weight is 162 g/mol. The Morgan fingerprint density at radius 1 is 1.36 bits per heavy atom. The molecule has 2 atom stereocenters. The number of rotatable bonds is 6. The average Bonchev–Trinajstić information content (AvgIpc) is 1.86. The Balaban J connectivity index is 3.15. The molecule has 68 valence electrons. The fraction of sp³-hybridized carbons (Fsp3) is 1.00. The summed E-state index contributed by atoms with van der Waals surface area (Å²) in [5.41, 5.74) is 0. The first kappa shape index (κ1) is 10.9. The van der Waals surface area contributed by atoms with E-state index < -0.39 is 6.29 Å². The van der Waals surface area contributed by atoms with E-state index >= 15 is 0 Å². The first-order chi connectivity index (χ1) is 5.16. The lowest BCUT2D eigenvalue weighted by molar-refractivity contribution is -0.135. The van der Waals surface area contributed by atoms with Crippen LogP contribution in [0.1, 0.15) is 27.2 Å². The Morgan fingerprint density at radius 3 is 2.45 bits per heavy atom. The molecule has 2 unspecified atom stereocenters. The molecule has 0 radical (unpaired) electrons. The van der Waals surface area contributed by atoms with Crippen LogP contribution in [0.5, 0.6) is 0 Å². The molecule has 0 heterocycles. The van der Waals surface area contributed by atoms with E-state index in [-0.39, 0.29) is 6.10 Å². The Kier molecular flexibility index (Phi) is 6.51. The van der Waals surface area contributed by atoms with Gasteiger partial charge in [-0.05, 0) is 20.3 Å². The molecule has 0 saturated heterocycles. The summed E-state index contributed by atoms with van der Waals surface area (Å²) >= 11 is 0. The molecule has 1 N–H and O–H groups in total. The molecule has 0 rings (SSSR count). The Morgan fingerprint density at radius 2 is 2.00 bits per heavy atom. The van der Waals surface area contributed by atoms with Crippen LogP contribution < -0.4 is 0 Å². The van der Waals surface area contributed by atoms with Crippen LogP contribution in [0, 0.1) is 0 Å². The molecular formula is C8H18O3. The van der Waals surface area contributed by atoms with Crippen molar-refractivity contribution in [1.82, 2.24) is 0 Å². The summed E-state index contributed by atoms with van der Waals surface area (Å²) in [5.74, 6) is 0. The highest BCUT2D eigenvalue weighted by molar-refractivity contribution is 4.46. The normalized spacial score (nSPS) is 16.4. The topological polar surface area (TPSA) is 38.7 Å². The van der Waals surface area contributed by atoms with E-state index in [2.05, 4.69) is 6.92 Å². The molecule has 0 aliphatic carbocycles. The van der Waals surface area contributed by atoms with Crippen LogP contribution >= 0.6 is 0 Å². The van der Waals surface area contributed by atoms with Gasteiger partial charge in [-0.3, -0.25) is 0 Å². The first-order valence-electron chi connectivity index (χ1n) is 4.08. The molecule has 0 saturated carbocycles. The minimum atomic E-state index is -0.699. The van der Waals surface area contributed by atoms with Gasteiger partial charge in [-0.15, -0.1) is 0 Å².